The molecule has 0 aromatic carbocycles. The molecular weight excluding hydrogens is 239 g/mol. The van der Waals surface area contributed by atoms with Crippen molar-refractivity contribution in [2.45, 2.75) is 58.2 Å². The Morgan fingerprint density at radius 2 is 1.63 bits per heavy atom. The van der Waals surface area contributed by atoms with Crippen molar-refractivity contribution < 1.29 is 9.31 Å². The van der Waals surface area contributed by atoms with E-state index in [0.29, 0.717) is 0 Å². The second-order valence-corrected chi connectivity index (χ2v) is 6.67. The summed E-state index contributed by atoms with van der Waals surface area (Å²) in [6, 6.07) is 0. The summed E-state index contributed by atoms with van der Waals surface area (Å²) in [5.41, 5.74) is 0.271. The molecule has 3 rings (SSSR count). The fourth-order valence-electron chi connectivity index (χ4n) is 2.15. The number of hydrogen-bond acceptors (Lipinski definition) is 4. The lowest BCUT2D eigenvalue weighted by Crippen LogP contribution is -2.41. The van der Waals surface area contributed by atoms with Crippen LogP contribution in [0.5, 0.6) is 0 Å². The van der Waals surface area contributed by atoms with Gasteiger partial charge in [0.15, 0.2) is 0 Å². The molecule has 2 fully saturated rings. The second kappa shape index (κ2) is 4.28. The summed E-state index contributed by atoms with van der Waals surface area (Å²) < 4.78 is 12.0. The topological polar surface area (TPSA) is 44.2 Å². The fraction of sp³-hybridized carbons (Fsp3) is 0.714. The minimum absolute atomic E-state index is 0.315. The van der Waals surface area contributed by atoms with Crippen LogP contribution in [0.3, 0.4) is 0 Å². The van der Waals surface area contributed by atoms with Gasteiger partial charge in [0.25, 0.3) is 0 Å². The van der Waals surface area contributed by atoms with E-state index in [1.165, 1.54) is 12.8 Å². The highest BCUT2D eigenvalue weighted by Crippen LogP contribution is 2.36. The van der Waals surface area contributed by atoms with Crippen molar-refractivity contribution >= 4 is 12.6 Å². The monoisotopic (exact) mass is 260 g/mol. The van der Waals surface area contributed by atoms with E-state index in [4.69, 9.17) is 9.31 Å². The lowest BCUT2D eigenvalue weighted by molar-refractivity contribution is 0.00578. The Balaban J connectivity index is 1.72. The van der Waals surface area contributed by atoms with Gasteiger partial charge in [-0.25, -0.2) is 9.97 Å². The van der Waals surface area contributed by atoms with Crippen molar-refractivity contribution in [2.75, 3.05) is 0 Å². The van der Waals surface area contributed by atoms with E-state index in [2.05, 4.69) is 37.7 Å². The molecule has 102 valence electrons. The van der Waals surface area contributed by atoms with Gasteiger partial charge >= 0.3 is 7.12 Å². The van der Waals surface area contributed by atoms with Gasteiger partial charge in [-0.15, -0.1) is 0 Å². The molecule has 0 bridgehead atoms. The lowest BCUT2D eigenvalue weighted by atomic mass is 9.81. The third kappa shape index (κ3) is 2.54. The number of aromatic nitrogens is 2. The molecule has 4 nitrogen and oxygen atoms in total. The van der Waals surface area contributed by atoms with Crippen LogP contribution in [0.15, 0.2) is 12.4 Å². The molecule has 2 heterocycles. The first-order valence-corrected chi connectivity index (χ1v) is 7.04. The number of nitrogens with zero attached hydrogens (tertiary/aromatic N) is 2. The summed E-state index contributed by atoms with van der Waals surface area (Å²) in [6.07, 6.45) is 7.33. The Morgan fingerprint density at radius 3 is 2.11 bits per heavy atom. The van der Waals surface area contributed by atoms with Crippen LogP contribution in [0, 0.1) is 5.92 Å². The fourth-order valence-corrected chi connectivity index (χ4v) is 2.15. The molecule has 19 heavy (non-hydrogen) atoms. The summed E-state index contributed by atoms with van der Waals surface area (Å²) in [5, 5.41) is 0. The average molecular weight is 260 g/mol. The Labute approximate surface area is 115 Å². The predicted molar refractivity (Wildman–Crippen MR) is 74.2 cm³/mol. The zero-order valence-corrected chi connectivity index (χ0v) is 12.1. The van der Waals surface area contributed by atoms with E-state index in [9.17, 15) is 0 Å². The number of hydrogen-bond donors (Lipinski definition) is 0. The van der Waals surface area contributed by atoms with Crippen molar-refractivity contribution in [1.29, 1.82) is 0 Å². The van der Waals surface area contributed by atoms with Gasteiger partial charge in [-0.3, -0.25) is 0 Å². The van der Waals surface area contributed by atoms with Gasteiger partial charge < -0.3 is 9.31 Å². The minimum atomic E-state index is -0.361. The van der Waals surface area contributed by atoms with Crippen molar-refractivity contribution in [3.8, 4) is 0 Å². The van der Waals surface area contributed by atoms with Crippen LogP contribution in [-0.2, 0) is 15.7 Å². The summed E-state index contributed by atoms with van der Waals surface area (Å²) in [4.78, 5) is 8.86. The first kappa shape index (κ1) is 13.1. The van der Waals surface area contributed by atoms with Crippen LogP contribution in [0.2, 0.25) is 0 Å². The van der Waals surface area contributed by atoms with E-state index < -0.39 is 0 Å². The van der Waals surface area contributed by atoms with Gasteiger partial charge in [-0.2, -0.15) is 0 Å². The van der Waals surface area contributed by atoms with Crippen molar-refractivity contribution in [2.24, 2.45) is 5.92 Å². The molecule has 2 aliphatic rings. The van der Waals surface area contributed by atoms with E-state index in [1.54, 1.807) is 0 Å². The summed E-state index contributed by atoms with van der Waals surface area (Å²) >= 11 is 0. The van der Waals surface area contributed by atoms with Crippen molar-refractivity contribution in [3.63, 3.8) is 0 Å². The highest BCUT2D eigenvalue weighted by molar-refractivity contribution is 6.61. The first-order valence-electron chi connectivity index (χ1n) is 7.04. The van der Waals surface area contributed by atoms with Crippen LogP contribution >= 0.6 is 0 Å². The molecule has 0 N–H and O–H groups in total. The van der Waals surface area contributed by atoms with E-state index >= 15 is 0 Å². The van der Waals surface area contributed by atoms with Crippen LogP contribution in [-0.4, -0.2) is 28.3 Å². The highest BCUT2D eigenvalue weighted by atomic mass is 16.7. The van der Waals surface area contributed by atoms with Crippen molar-refractivity contribution in [1.82, 2.24) is 9.97 Å². The maximum Gasteiger partial charge on any atom is 0.498 e. The van der Waals surface area contributed by atoms with Crippen LogP contribution in [0.4, 0.5) is 0 Å². The smallest absolute Gasteiger partial charge is 0.399 e. The van der Waals surface area contributed by atoms with Gasteiger partial charge in [0.2, 0.25) is 0 Å². The summed E-state index contributed by atoms with van der Waals surface area (Å²) in [7, 11) is -0.361. The molecule has 1 aromatic rings. The Morgan fingerprint density at radius 1 is 1.11 bits per heavy atom. The number of rotatable bonds is 3. The van der Waals surface area contributed by atoms with E-state index in [-0.39, 0.29) is 18.3 Å². The van der Waals surface area contributed by atoms with Gasteiger partial charge in [-0.05, 0) is 46.5 Å². The standard InChI is InChI=1S/C14H21BN2O2/c1-13(2)14(3,4)19-15(18-13)11-8-16-12(17-9-11)7-10-5-6-10/h8-10H,5-7H2,1-4H3. The molecule has 0 unspecified atom stereocenters. The van der Waals surface area contributed by atoms with Crippen molar-refractivity contribution in [3.05, 3.63) is 18.2 Å². The third-order valence-corrected chi connectivity index (χ3v) is 4.42. The van der Waals surface area contributed by atoms with E-state index in [0.717, 1.165) is 23.6 Å². The maximum atomic E-state index is 5.98. The summed E-state index contributed by atoms with van der Waals surface area (Å²) in [6.45, 7) is 8.20. The molecule has 0 amide bonds. The van der Waals surface area contributed by atoms with Crippen LogP contribution in [0.1, 0.15) is 46.4 Å². The lowest BCUT2D eigenvalue weighted by Gasteiger charge is -2.32. The molecular formula is C14H21BN2O2. The van der Waals surface area contributed by atoms with Crippen LogP contribution in [0.25, 0.3) is 0 Å². The second-order valence-electron chi connectivity index (χ2n) is 6.67. The molecule has 0 atom stereocenters. The molecule has 0 spiro atoms. The highest BCUT2D eigenvalue weighted by Gasteiger charge is 2.51. The van der Waals surface area contributed by atoms with Gasteiger partial charge in [0.1, 0.15) is 5.82 Å². The van der Waals surface area contributed by atoms with E-state index in [1.807, 2.05) is 12.4 Å². The zero-order valence-electron chi connectivity index (χ0n) is 12.1. The quantitative estimate of drug-likeness (QED) is 0.776. The molecule has 1 aromatic heterocycles. The molecule has 5 heteroatoms. The Bertz CT molecular complexity index is 453. The Hall–Kier alpha value is -0.935. The minimum Gasteiger partial charge on any atom is -0.399 e. The summed E-state index contributed by atoms with van der Waals surface area (Å²) in [5.74, 6) is 1.74. The predicted octanol–water partition coefficient (Wildman–Crippen LogP) is 1.73. The zero-order chi connectivity index (χ0) is 13.7. The Kier molecular flexibility index (Phi) is 2.95. The van der Waals surface area contributed by atoms with Gasteiger partial charge in [0, 0.05) is 24.3 Å². The molecule has 1 aliphatic carbocycles. The molecule has 1 aliphatic heterocycles. The SMILES string of the molecule is CC1(C)OB(c2cnc(CC3CC3)nc2)OC1(C)C. The largest absolute Gasteiger partial charge is 0.498 e. The normalized spacial score (nSPS) is 24.7. The molecule has 1 saturated carbocycles. The van der Waals surface area contributed by atoms with Crippen LogP contribution < -0.4 is 5.46 Å². The van der Waals surface area contributed by atoms with Gasteiger partial charge in [-0.1, -0.05) is 0 Å². The maximum absolute atomic E-state index is 5.98. The average Bonchev–Trinajstić information content (AvgIpc) is 3.08. The van der Waals surface area contributed by atoms with Gasteiger partial charge in [0.05, 0.1) is 11.2 Å². The molecule has 0 radical (unpaired) electrons. The third-order valence-electron chi connectivity index (χ3n) is 4.42. The first-order chi connectivity index (χ1) is 8.87. The molecule has 1 saturated heterocycles.